The van der Waals surface area contributed by atoms with Gasteiger partial charge in [0.1, 0.15) is 11.6 Å². The van der Waals surface area contributed by atoms with Gasteiger partial charge >= 0.3 is 0 Å². The number of nitrogens with zero attached hydrogens (tertiary/aromatic N) is 1. The van der Waals surface area contributed by atoms with Gasteiger partial charge in [-0.25, -0.2) is 9.37 Å². The maximum atomic E-state index is 13.6. The van der Waals surface area contributed by atoms with E-state index in [0.717, 1.165) is 5.56 Å². The molecule has 5 heteroatoms. The number of anilines is 2. The third kappa shape index (κ3) is 2.96. The molecule has 0 aliphatic heterocycles. The fraction of sp³-hybridized carbons (Fsp3) is 0.0833. The number of aryl methyl sites for hydroxylation is 1. The van der Waals surface area contributed by atoms with Crippen LogP contribution in [0, 0.1) is 12.7 Å². The van der Waals surface area contributed by atoms with Crippen LogP contribution in [0.5, 0.6) is 0 Å². The number of nitrogens with one attached hydrogen (secondary N) is 1. The number of hydrogen-bond donors (Lipinski definition) is 1. The summed E-state index contributed by atoms with van der Waals surface area (Å²) in [5.41, 5.74) is 1.25. The molecule has 0 aliphatic carbocycles. The topological polar surface area (TPSA) is 24.9 Å². The number of aromatic nitrogens is 1. The van der Waals surface area contributed by atoms with Crippen LogP contribution in [0.2, 0.25) is 5.02 Å². The second kappa shape index (κ2) is 5.02. The van der Waals surface area contributed by atoms with E-state index in [0.29, 0.717) is 21.0 Å². The highest BCUT2D eigenvalue weighted by Gasteiger charge is 2.06. The van der Waals surface area contributed by atoms with Gasteiger partial charge in [-0.3, -0.25) is 0 Å². The molecule has 1 aromatic carbocycles. The molecular weight excluding hydrogens is 307 g/mol. The molecule has 2 aromatic rings. The molecule has 2 rings (SSSR count). The number of hydrogen-bond acceptors (Lipinski definition) is 2. The average molecular weight is 316 g/mol. The monoisotopic (exact) mass is 314 g/mol. The Hall–Kier alpha value is -1.13. The summed E-state index contributed by atoms with van der Waals surface area (Å²) in [6.07, 6.45) is 1.50. The normalized spacial score (nSPS) is 10.4. The van der Waals surface area contributed by atoms with Crippen molar-refractivity contribution < 1.29 is 4.39 Å². The van der Waals surface area contributed by atoms with Crippen LogP contribution in [0.1, 0.15) is 5.56 Å². The summed E-state index contributed by atoms with van der Waals surface area (Å²) in [6.45, 7) is 1.84. The van der Waals surface area contributed by atoms with Crippen LogP contribution in [0.15, 0.2) is 34.9 Å². The second-order valence-electron chi connectivity index (χ2n) is 3.59. The van der Waals surface area contributed by atoms with Crippen LogP contribution in [-0.4, -0.2) is 4.98 Å². The number of rotatable bonds is 2. The van der Waals surface area contributed by atoms with E-state index in [2.05, 4.69) is 26.2 Å². The summed E-state index contributed by atoms with van der Waals surface area (Å²) in [6, 6.07) is 6.66. The van der Waals surface area contributed by atoms with E-state index in [-0.39, 0.29) is 5.82 Å². The zero-order valence-electron chi connectivity index (χ0n) is 8.97. The SMILES string of the molecule is Cc1ccc(Nc2ncc(Cl)cc2Br)c(F)c1. The quantitative estimate of drug-likeness (QED) is 0.869. The third-order valence-corrected chi connectivity index (χ3v) is 3.00. The van der Waals surface area contributed by atoms with E-state index in [9.17, 15) is 4.39 Å². The van der Waals surface area contributed by atoms with Gasteiger partial charge in [0.05, 0.1) is 15.2 Å². The smallest absolute Gasteiger partial charge is 0.146 e. The lowest BCUT2D eigenvalue weighted by molar-refractivity contribution is 0.630. The highest BCUT2D eigenvalue weighted by molar-refractivity contribution is 9.10. The largest absolute Gasteiger partial charge is 0.337 e. The minimum Gasteiger partial charge on any atom is -0.337 e. The maximum Gasteiger partial charge on any atom is 0.146 e. The summed E-state index contributed by atoms with van der Waals surface area (Å²) in [5.74, 6) is 0.214. The predicted molar refractivity (Wildman–Crippen MR) is 71.4 cm³/mol. The van der Waals surface area contributed by atoms with Gasteiger partial charge < -0.3 is 5.32 Å². The average Bonchev–Trinajstić information content (AvgIpc) is 2.25. The van der Waals surface area contributed by atoms with Gasteiger partial charge in [0.25, 0.3) is 0 Å². The maximum absolute atomic E-state index is 13.6. The van der Waals surface area contributed by atoms with Gasteiger partial charge in [0.15, 0.2) is 0 Å². The van der Waals surface area contributed by atoms with Crippen molar-refractivity contribution in [2.24, 2.45) is 0 Å². The van der Waals surface area contributed by atoms with E-state index in [4.69, 9.17) is 11.6 Å². The van der Waals surface area contributed by atoms with Crippen LogP contribution in [0.25, 0.3) is 0 Å². The first kappa shape index (κ1) is 12.3. The lowest BCUT2D eigenvalue weighted by Crippen LogP contribution is -1.97. The van der Waals surface area contributed by atoms with Crippen molar-refractivity contribution in [3.05, 3.63) is 51.3 Å². The van der Waals surface area contributed by atoms with Crippen molar-refractivity contribution in [3.8, 4) is 0 Å². The highest BCUT2D eigenvalue weighted by Crippen LogP contribution is 2.27. The Morgan fingerprint density at radius 1 is 1.35 bits per heavy atom. The van der Waals surface area contributed by atoms with Crippen LogP contribution in [0.3, 0.4) is 0 Å². The Balaban J connectivity index is 2.31. The Morgan fingerprint density at radius 3 is 2.76 bits per heavy atom. The molecule has 0 saturated heterocycles. The minimum atomic E-state index is -0.311. The number of benzene rings is 1. The summed E-state index contributed by atoms with van der Waals surface area (Å²) in [7, 11) is 0. The predicted octanol–water partition coefficient (Wildman–Crippen LogP) is 4.69. The molecule has 0 atom stereocenters. The molecule has 0 bridgehead atoms. The molecule has 1 N–H and O–H groups in total. The molecule has 2 nitrogen and oxygen atoms in total. The highest BCUT2D eigenvalue weighted by atomic mass is 79.9. The Kier molecular flexibility index (Phi) is 3.64. The zero-order chi connectivity index (χ0) is 12.4. The fourth-order valence-corrected chi connectivity index (χ4v) is 2.09. The van der Waals surface area contributed by atoms with E-state index in [1.165, 1.54) is 12.3 Å². The fourth-order valence-electron chi connectivity index (χ4n) is 1.36. The number of halogens is 3. The molecular formula is C12H9BrClFN2. The van der Waals surface area contributed by atoms with Crippen molar-refractivity contribution in [2.45, 2.75) is 6.92 Å². The van der Waals surface area contributed by atoms with Gasteiger partial charge in [-0.2, -0.15) is 0 Å². The van der Waals surface area contributed by atoms with Gasteiger partial charge in [-0.15, -0.1) is 0 Å². The molecule has 0 radical (unpaired) electrons. The van der Waals surface area contributed by atoms with Gasteiger partial charge in [-0.1, -0.05) is 17.7 Å². The van der Waals surface area contributed by atoms with E-state index < -0.39 is 0 Å². The molecule has 88 valence electrons. The van der Waals surface area contributed by atoms with E-state index in [1.54, 1.807) is 12.1 Å². The van der Waals surface area contributed by atoms with Crippen molar-refractivity contribution in [1.29, 1.82) is 0 Å². The molecule has 0 aliphatic rings. The first-order valence-corrected chi connectivity index (χ1v) is 6.07. The molecule has 17 heavy (non-hydrogen) atoms. The molecule has 0 unspecified atom stereocenters. The Labute approximate surface area is 112 Å². The minimum absolute atomic E-state index is 0.311. The molecule has 0 amide bonds. The lowest BCUT2D eigenvalue weighted by atomic mass is 10.2. The van der Waals surface area contributed by atoms with Gasteiger partial charge in [-0.05, 0) is 46.6 Å². The zero-order valence-corrected chi connectivity index (χ0v) is 11.3. The molecule has 0 fully saturated rings. The second-order valence-corrected chi connectivity index (χ2v) is 4.88. The van der Waals surface area contributed by atoms with Crippen LogP contribution in [-0.2, 0) is 0 Å². The molecule has 0 saturated carbocycles. The lowest BCUT2D eigenvalue weighted by Gasteiger charge is -2.09. The molecule has 1 heterocycles. The standard InChI is InChI=1S/C12H9BrClFN2/c1-7-2-3-11(10(15)4-7)17-12-9(13)5-8(14)6-16-12/h2-6H,1H3,(H,16,17). The van der Waals surface area contributed by atoms with Crippen molar-refractivity contribution >= 4 is 39.0 Å². The first-order chi connectivity index (χ1) is 8.06. The Bertz CT molecular complexity index is 511. The van der Waals surface area contributed by atoms with E-state index >= 15 is 0 Å². The van der Waals surface area contributed by atoms with Gasteiger partial charge in [0.2, 0.25) is 0 Å². The van der Waals surface area contributed by atoms with E-state index in [1.807, 2.05) is 13.0 Å². The summed E-state index contributed by atoms with van der Waals surface area (Å²) in [4.78, 5) is 4.08. The molecule has 1 aromatic heterocycles. The van der Waals surface area contributed by atoms with Crippen LogP contribution in [0.4, 0.5) is 15.9 Å². The Morgan fingerprint density at radius 2 is 2.12 bits per heavy atom. The summed E-state index contributed by atoms with van der Waals surface area (Å²) >= 11 is 9.09. The van der Waals surface area contributed by atoms with Crippen LogP contribution < -0.4 is 5.32 Å². The van der Waals surface area contributed by atoms with Gasteiger partial charge in [0, 0.05) is 6.20 Å². The first-order valence-electron chi connectivity index (χ1n) is 4.90. The molecule has 0 spiro atoms. The summed E-state index contributed by atoms with van der Waals surface area (Å²) in [5, 5.41) is 3.42. The van der Waals surface area contributed by atoms with Crippen molar-refractivity contribution in [2.75, 3.05) is 5.32 Å². The van der Waals surface area contributed by atoms with Crippen molar-refractivity contribution in [3.63, 3.8) is 0 Å². The van der Waals surface area contributed by atoms with Crippen molar-refractivity contribution in [1.82, 2.24) is 4.98 Å². The number of pyridine rings is 1. The van der Waals surface area contributed by atoms with Crippen LogP contribution >= 0.6 is 27.5 Å². The summed E-state index contributed by atoms with van der Waals surface area (Å²) < 4.78 is 14.3. The third-order valence-electron chi connectivity index (χ3n) is 2.19.